The van der Waals surface area contributed by atoms with Crippen LogP contribution in [0.4, 0.5) is 0 Å². The Balaban J connectivity index is 1.68. The number of Topliss-reactive ketones (excluding diaryl/α,β-unsaturated/α-hetero) is 1. The van der Waals surface area contributed by atoms with E-state index >= 15 is 0 Å². The topological polar surface area (TPSA) is 26.3 Å². The molecule has 3 unspecified atom stereocenters. The van der Waals surface area contributed by atoms with Crippen LogP contribution in [0.15, 0.2) is 0 Å². The third kappa shape index (κ3) is 2.36. The Morgan fingerprint density at radius 3 is 2.72 bits per heavy atom. The van der Waals surface area contributed by atoms with E-state index in [1.165, 1.54) is 37.2 Å². The molecule has 0 radical (unpaired) electrons. The van der Waals surface area contributed by atoms with E-state index in [4.69, 9.17) is 4.74 Å². The summed E-state index contributed by atoms with van der Waals surface area (Å²) in [6, 6.07) is 0. The number of rotatable bonds is 1. The molecule has 3 fully saturated rings. The van der Waals surface area contributed by atoms with E-state index in [9.17, 15) is 4.79 Å². The molecule has 3 aliphatic rings. The molecule has 0 bridgehead atoms. The summed E-state index contributed by atoms with van der Waals surface area (Å²) in [5.74, 6) is 4.71. The Morgan fingerprint density at radius 2 is 2.06 bits per heavy atom. The van der Waals surface area contributed by atoms with Crippen molar-refractivity contribution < 1.29 is 9.53 Å². The number of ketones is 1. The first kappa shape index (κ1) is 13.0. The fourth-order valence-corrected chi connectivity index (χ4v) is 5.43. The monoisotopic (exact) mass is 268 g/mol. The van der Waals surface area contributed by atoms with Crippen molar-refractivity contribution in [3.8, 4) is 0 Å². The minimum atomic E-state index is 0.180. The molecule has 0 aromatic heterocycles. The van der Waals surface area contributed by atoms with Gasteiger partial charge in [-0.25, -0.2) is 0 Å². The quantitative estimate of drug-likeness (QED) is 0.730. The van der Waals surface area contributed by atoms with Crippen LogP contribution >= 0.6 is 11.8 Å². The van der Waals surface area contributed by atoms with Crippen molar-refractivity contribution in [2.75, 3.05) is 18.1 Å². The predicted molar refractivity (Wildman–Crippen MR) is 74.9 cm³/mol. The maximum atomic E-state index is 11.8. The highest BCUT2D eigenvalue weighted by Gasteiger charge is 2.44. The Labute approximate surface area is 114 Å². The molecule has 0 aromatic rings. The average Bonchev–Trinajstić information content (AvgIpc) is 2.71. The SMILES string of the molecule is CC1C(=O)CCC1C1CCOC2(CCSCC2)C1. The highest BCUT2D eigenvalue weighted by molar-refractivity contribution is 7.99. The summed E-state index contributed by atoms with van der Waals surface area (Å²) < 4.78 is 6.16. The van der Waals surface area contributed by atoms with Gasteiger partial charge in [0.05, 0.1) is 5.60 Å². The molecule has 2 saturated heterocycles. The number of hydrogen-bond acceptors (Lipinski definition) is 3. The van der Waals surface area contributed by atoms with Gasteiger partial charge in [-0.05, 0) is 55.4 Å². The van der Waals surface area contributed by atoms with Crippen LogP contribution in [-0.4, -0.2) is 29.5 Å². The zero-order valence-corrected chi connectivity index (χ0v) is 12.1. The number of thioether (sulfide) groups is 1. The molecule has 2 aliphatic heterocycles. The molecule has 18 heavy (non-hydrogen) atoms. The van der Waals surface area contributed by atoms with Gasteiger partial charge in [-0.2, -0.15) is 11.8 Å². The lowest BCUT2D eigenvalue weighted by Gasteiger charge is -2.45. The van der Waals surface area contributed by atoms with Crippen molar-refractivity contribution in [2.45, 2.75) is 51.0 Å². The zero-order valence-electron chi connectivity index (χ0n) is 11.3. The summed E-state index contributed by atoms with van der Waals surface area (Å²) in [7, 11) is 0. The van der Waals surface area contributed by atoms with Crippen LogP contribution in [0.1, 0.15) is 45.4 Å². The molecular formula is C15H24O2S. The van der Waals surface area contributed by atoms with Gasteiger partial charge >= 0.3 is 0 Å². The molecule has 3 rings (SSSR count). The molecule has 2 heterocycles. The molecule has 1 aliphatic carbocycles. The van der Waals surface area contributed by atoms with Crippen LogP contribution < -0.4 is 0 Å². The van der Waals surface area contributed by atoms with E-state index in [-0.39, 0.29) is 5.60 Å². The Hall–Kier alpha value is -0.0200. The van der Waals surface area contributed by atoms with E-state index in [2.05, 4.69) is 18.7 Å². The van der Waals surface area contributed by atoms with Crippen molar-refractivity contribution in [3.63, 3.8) is 0 Å². The Bertz CT molecular complexity index is 317. The van der Waals surface area contributed by atoms with Gasteiger partial charge in [0, 0.05) is 18.9 Å². The van der Waals surface area contributed by atoms with Gasteiger partial charge < -0.3 is 4.74 Å². The summed E-state index contributed by atoms with van der Waals surface area (Å²) in [6.45, 7) is 3.08. The number of carbonyl (C=O) groups excluding carboxylic acids is 1. The highest BCUT2D eigenvalue weighted by atomic mass is 32.2. The van der Waals surface area contributed by atoms with Gasteiger partial charge in [-0.3, -0.25) is 4.79 Å². The van der Waals surface area contributed by atoms with E-state index in [0.717, 1.165) is 25.4 Å². The molecule has 1 saturated carbocycles. The minimum Gasteiger partial charge on any atom is -0.375 e. The second kappa shape index (κ2) is 5.16. The van der Waals surface area contributed by atoms with Crippen LogP contribution in [-0.2, 0) is 9.53 Å². The summed E-state index contributed by atoms with van der Waals surface area (Å²) >= 11 is 2.06. The summed E-state index contributed by atoms with van der Waals surface area (Å²) in [4.78, 5) is 11.8. The first-order valence-electron chi connectivity index (χ1n) is 7.45. The van der Waals surface area contributed by atoms with Crippen molar-refractivity contribution in [1.29, 1.82) is 0 Å². The van der Waals surface area contributed by atoms with Gasteiger partial charge in [-0.15, -0.1) is 0 Å². The molecular weight excluding hydrogens is 244 g/mol. The van der Waals surface area contributed by atoms with Crippen LogP contribution in [0, 0.1) is 17.8 Å². The first-order valence-corrected chi connectivity index (χ1v) is 8.60. The second-order valence-corrected chi connectivity index (χ2v) is 7.58. The zero-order chi connectivity index (χ0) is 12.6. The van der Waals surface area contributed by atoms with Gasteiger partial charge in [0.15, 0.2) is 0 Å². The summed E-state index contributed by atoms with van der Waals surface area (Å²) in [5.41, 5.74) is 0.180. The van der Waals surface area contributed by atoms with Crippen molar-refractivity contribution in [2.24, 2.45) is 17.8 Å². The van der Waals surface area contributed by atoms with Crippen LogP contribution in [0.5, 0.6) is 0 Å². The third-order valence-corrected chi connectivity index (χ3v) is 6.40. The fraction of sp³-hybridized carbons (Fsp3) is 0.933. The van der Waals surface area contributed by atoms with E-state index < -0.39 is 0 Å². The highest BCUT2D eigenvalue weighted by Crippen LogP contribution is 2.46. The van der Waals surface area contributed by atoms with Gasteiger partial charge in [-0.1, -0.05) is 6.92 Å². The lowest BCUT2D eigenvalue weighted by Crippen LogP contribution is -2.44. The first-order chi connectivity index (χ1) is 8.70. The second-order valence-electron chi connectivity index (χ2n) is 6.35. The maximum absolute atomic E-state index is 11.8. The van der Waals surface area contributed by atoms with Crippen LogP contribution in [0.3, 0.4) is 0 Å². The number of ether oxygens (including phenoxy) is 1. The molecule has 0 amide bonds. The average molecular weight is 268 g/mol. The molecule has 102 valence electrons. The predicted octanol–water partition coefficient (Wildman–Crippen LogP) is 3.29. The van der Waals surface area contributed by atoms with E-state index in [0.29, 0.717) is 17.6 Å². The molecule has 1 spiro atoms. The third-order valence-electron chi connectivity index (χ3n) is 5.41. The fourth-order valence-electron chi connectivity index (χ4n) is 4.19. The Morgan fingerprint density at radius 1 is 1.28 bits per heavy atom. The maximum Gasteiger partial charge on any atom is 0.135 e. The molecule has 0 N–H and O–H groups in total. The Kier molecular flexibility index (Phi) is 3.72. The molecule has 3 heteroatoms. The van der Waals surface area contributed by atoms with Crippen LogP contribution in [0.25, 0.3) is 0 Å². The van der Waals surface area contributed by atoms with Crippen molar-refractivity contribution in [1.82, 2.24) is 0 Å². The van der Waals surface area contributed by atoms with Crippen molar-refractivity contribution >= 4 is 17.5 Å². The standard InChI is InChI=1S/C15H24O2S/c1-11-13(2-3-14(11)16)12-4-7-17-15(10-12)5-8-18-9-6-15/h11-13H,2-10H2,1H3. The van der Waals surface area contributed by atoms with Gasteiger partial charge in [0.25, 0.3) is 0 Å². The molecule has 2 nitrogen and oxygen atoms in total. The van der Waals surface area contributed by atoms with Crippen molar-refractivity contribution in [3.05, 3.63) is 0 Å². The summed E-state index contributed by atoms with van der Waals surface area (Å²) in [6.07, 6.45) is 6.81. The van der Waals surface area contributed by atoms with E-state index in [1.54, 1.807) is 0 Å². The minimum absolute atomic E-state index is 0.180. The smallest absolute Gasteiger partial charge is 0.135 e. The van der Waals surface area contributed by atoms with Crippen LogP contribution in [0.2, 0.25) is 0 Å². The lowest BCUT2D eigenvalue weighted by molar-refractivity contribution is -0.125. The lowest BCUT2D eigenvalue weighted by atomic mass is 9.73. The van der Waals surface area contributed by atoms with Gasteiger partial charge in [0.1, 0.15) is 5.78 Å². The van der Waals surface area contributed by atoms with Gasteiger partial charge in [0.2, 0.25) is 0 Å². The summed E-state index contributed by atoms with van der Waals surface area (Å²) in [5, 5.41) is 0. The normalized spacial score (nSPS) is 40.3. The molecule has 3 atom stereocenters. The molecule has 0 aromatic carbocycles. The van der Waals surface area contributed by atoms with E-state index in [1.807, 2.05) is 0 Å². The largest absolute Gasteiger partial charge is 0.375 e. The number of hydrogen-bond donors (Lipinski definition) is 0. The number of carbonyl (C=O) groups is 1.